The van der Waals surface area contributed by atoms with Gasteiger partial charge in [0.05, 0.1) is 6.61 Å². The molecule has 0 unspecified atom stereocenters. The molecule has 122 valence electrons. The topological polar surface area (TPSA) is 30.5 Å². The molecule has 1 aliphatic heterocycles. The lowest BCUT2D eigenvalue weighted by Crippen LogP contribution is -2.43. The highest BCUT2D eigenvalue weighted by molar-refractivity contribution is 5.34. The van der Waals surface area contributed by atoms with Gasteiger partial charge in [0.1, 0.15) is 11.9 Å². The van der Waals surface area contributed by atoms with Crippen LogP contribution in [-0.2, 0) is 11.2 Å². The van der Waals surface area contributed by atoms with Crippen molar-refractivity contribution < 1.29 is 9.47 Å². The van der Waals surface area contributed by atoms with Gasteiger partial charge in [-0.15, -0.1) is 0 Å². The number of morpholine rings is 1. The van der Waals surface area contributed by atoms with E-state index in [0.717, 1.165) is 43.9 Å². The lowest BCUT2D eigenvalue weighted by molar-refractivity contribution is -0.0435. The number of rotatable bonds is 6. The second kappa shape index (κ2) is 8.14. The zero-order valence-corrected chi connectivity index (χ0v) is 13.7. The molecule has 23 heavy (non-hydrogen) atoms. The van der Waals surface area contributed by atoms with Gasteiger partial charge >= 0.3 is 0 Å². The van der Waals surface area contributed by atoms with Gasteiger partial charge in [0, 0.05) is 13.1 Å². The fourth-order valence-corrected chi connectivity index (χ4v) is 3.01. The number of benzene rings is 2. The third kappa shape index (κ3) is 4.12. The van der Waals surface area contributed by atoms with E-state index < -0.39 is 0 Å². The molecule has 1 N–H and O–H groups in total. The summed E-state index contributed by atoms with van der Waals surface area (Å²) in [6.07, 6.45) is 2.07. The van der Waals surface area contributed by atoms with Crippen LogP contribution in [0.25, 0.3) is 0 Å². The van der Waals surface area contributed by atoms with Crippen molar-refractivity contribution in [2.24, 2.45) is 0 Å². The van der Waals surface area contributed by atoms with E-state index in [1.165, 1.54) is 5.56 Å². The molecule has 1 fully saturated rings. The van der Waals surface area contributed by atoms with Crippen LogP contribution in [0.5, 0.6) is 5.75 Å². The standard InChI is InChI=1S/C20H25NO2/c1-2-8-16-9-6-7-12-18(16)23-20(17-10-4-3-5-11-17)19-15-21-13-14-22-19/h3-7,9-12,19-21H,2,8,13-15H2,1H3/t19-,20-/m0/s1. The van der Waals surface area contributed by atoms with Crippen LogP contribution in [0.15, 0.2) is 54.6 Å². The lowest BCUT2D eigenvalue weighted by Gasteiger charge is -2.32. The Bertz CT molecular complexity index is 594. The highest BCUT2D eigenvalue weighted by Gasteiger charge is 2.28. The van der Waals surface area contributed by atoms with Gasteiger partial charge in [-0.1, -0.05) is 61.9 Å². The third-order valence-electron chi connectivity index (χ3n) is 4.17. The van der Waals surface area contributed by atoms with Crippen molar-refractivity contribution >= 4 is 0 Å². The second-order valence-electron chi connectivity index (χ2n) is 5.92. The first-order valence-corrected chi connectivity index (χ1v) is 8.50. The second-order valence-corrected chi connectivity index (χ2v) is 5.92. The Kier molecular flexibility index (Phi) is 5.67. The smallest absolute Gasteiger partial charge is 0.151 e. The number of hydrogen-bond donors (Lipinski definition) is 1. The fourth-order valence-electron chi connectivity index (χ4n) is 3.01. The van der Waals surface area contributed by atoms with Crippen LogP contribution in [0, 0.1) is 0 Å². The minimum atomic E-state index is -0.0954. The molecule has 3 rings (SSSR count). The summed E-state index contributed by atoms with van der Waals surface area (Å²) < 4.78 is 12.4. The maximum absolute atomic E-state index is 6.46. The van der Waals surface area contributed by atoms with E-state index in [-0.39, 0.29) is 12.2 Å². The number of hydrogen-bond acceptors (Lipinski definition) is 3. The van der Waals surface area contributed by atoms with Crippen molar-refractivity contribution in [3.05, 3.63) is 65.7 Å². The zero-order valence-electron chi connectivity index (χ0n) is 13.7. The Morgan fingerprint density at radius 2 is 1.91 bits per heavy atom. The van der Waals surface area contributed by atoms with E-state index in [1.54, 1.807) is 0 Å². The molecule has 0 aromatic heterocycles. The molecule has 0 spiro atoms. The molecule has 2 aromatic rings. The van der Waals surface area contributed by atoms with E-state index >= 15 is 0 Å². The Labute approximate surface area is 138 Å². The lowest BCUT2D eigenvalue weighted by atomic mass is 10.0. The zero-order chi connectivity index (χ0) is 15.9. The summed E-state index contributed by atoms with van der Waals surface area (Å²) in [4.78, 5) is 0. The quantitative estimate of drug-likeness (QED) is 0.881. The molecule has 2 aromatic carbocycles. The first kappa shape index (κ1) is 16.0. The molecule has 0 aliphatic carbocycles. The number of aryl methyl sites for hydroxylation is 1. The Hall–Kier alpha value is -1.84. The maximum Gasteiger partial charge on any atom is 0.151 e. The van der Waals surface area contributed by atoms with Gasteiger partial charge in [-0.05, 0) is 23.6 Å². The molecule has 1 aliphatic rings. The van der Waals surface area contributed by atoms with Crippen molar-refractivity contribution in [3.63, 3.8) is 0 Å². The van der Waals surface area contributed by atoms with Gasteiger partial charge in [-0.3, -0.25) is 0 Å². The molecule has 0 bridgehead atoms. The average molecular weight is 311 g/mol. The predicted octanol–water partition coefficient (Wildman–Crippen LogP) is 3.75. The van der Waals surface area contributed by atoms with Crippen LogP contribution in [0.2, 0.25) is 0 Å². The molecule has 3 heteroatoms. The first-order chi connectivity index (χ1) is 11.4. The molecular formula is C20H25NO2. The van der Waals surface area contributed by atoms with Gasteiger partial charge < -0.3 is 14.8 Å². The predicted molar refractivity (Wildman–Crippen MR) is 92.9 cm³/mol. The third-order valence-corrected chi connectivity index (χ3v) is 4.17. The fraction of sp³-hybridized carbons (Fsp3) is 0.400. The number of nitrogens with one attached hydrogen (secondary N) is 1. The molecule has 0 amide bonds. The van der Waals surface area contributed by atoms with Crippen molar-refractivity contribution in [3.8, 4) is 5.75 Å². The van der Waals surface area contributed by atoms with E-state index in [4.69, 9.17) is 9.47 Å². The van der Waals surface area contributed by atoms with Gasteiger partial charge in [0.25, 0.3) is 0 Å². The van der Waals surface area contributed by atoms with Crippen LogP contribution >= 0.6 is 0 Å². The summed E-state index contributed by atoms with van der Waals surface area (Å²) in [6, 6.07) is 18.7. The van der Waals surface area contributed by atoms with E-state index in [9.17, 15) is 0 Å². The Balaban J connectivity index is 1.86. The van der Waals surface area contributed by atoms with Crippen LogP contribution in [-0.4, -0.2) is 25.8 Å². The summed E-state index contributed by atoms with van der Waals surface area (Å²) in [7, 11) is 0. The first-order valence-electron chi connectivity index (χ1n) is 8.50. The minimum absolute atomic E-state index is 0.0285. The average Bonchev–Trinajstić information content (AvgIpc) is 2.63. The summed E-state index contributed by atoms with van der Waals surface area (Å²) in [5.74, 6) is 0.970. The highest BCUT2D eigenvalue weighted by Crippen LogP contribution is 2.30. The van der Waals surface area contributed by atoms with Crippen molar-refractivity contribution in [1.29, 1.82) is 0 Å². The Morgan fingerprint density at radius 3 is 2.65 bits per heavy atom. The largest absolute Gasteiger partial charge is 0.483 e. The summed E-state index contributed by atoms with van der Waals surface area (Å²) in [6.45, 7) is 4.65. The Morgan fingerprint density at radius 1 is 1.13 bits per heavy atom. The van der Waals surface area contributed by atoms with E-state index in [0.29, 0.717) is 0 Å². The van der Waals surface area contributed by atoms with Crippen LogP contribution in [0.3, 0.4) is 0 Å². The monoisotopic (exact) mass is 311 g/mol. The summed E-state index contributed by atoms with van der Waals surface area (Å²) >= 11 is 0. The SMILES string of the molecule is CCCc1ccccc1O[C@@H](c1ccccc1)[C@@H]1CNCCO1. The number of para-hydroxylation sites is 1. The molecule has 1 heterocycles. The van der Waals surface area contributed by atoms with Gasteiger partial charge in [0.15, 0.2) is 6.10 Å². The van der Waals surface area contributed by atoms with Crippen LogP contribution in [0.4, 0.5) is 0 Å². The molecule has 0 radical (unpaired) electrons. The summed E-state index contributed by atoms with van der Waals surface area (Å²) in [5.41, 5.74) is 2.42. The van der Waals surface area contributed by atoms with Crippen molar-refractivity contribution in [2.75, 3.05) is 19.7 Å². The van der Waals surface area contributed by atoms with E-state index in [1.807, 2.05) is 12.1 Å². The van der Waals surface area contributed by atoms with Gasteiger partial charge in [0.2, 0.25) is 0 Å². The maximum atomic E-state index is 6.46. The molecule has 2 atom stereocenters. The number of ether oxygens (including phenoxy) is 2. The van der Waals surface area contributed by atoms with Crippen molar-refractivity contribution in [2.45, 2.75) is 32.0 Å². The molecular weight excluding hydrogens is 286 g/mol. The normalized spacial score (nSPS) is 19.3. The van der Waals surface area contributed by atoms with Crippen molar-refractivity contribution in [1.82, 2.24) is 5.32 Å². The van der Waals surface area contributed by atoms with Crippen LogP contribution in [0.1, 0.15) is 30.6 Å². The highest BCUT2D eigenvalue weighted by atomic mass is 16.5. The minimum Gasteiger partial charge on any atom is -0.483 e. The van der Waals surface area contributed by atoms with E-state index in [2.05, 4.69) is 54.7 Å². The van der Waals surface area contributed by atoms with Gasteiger partial charge in [-0.2, -0.15) is 0 Å². The summed E-state index contributed by atoms with van der Waals surface area (Å²) in [5, 5.41) is 3.41. The van der Waals surface area contributed by atoms with Gasteiger partial charge in [-0.25, -0.2) is 0 Å². The molecule has 3 nitrogen and oxygen atoms in total. The molecule has 1 saturated heterocycles. The van der Waals surface area contributed by atoms with Crippen LogP contribution < -0.4 is 10.1 Å². The molecule has 0 saturated carbocycles.